The summed E-state index contributed by atoms with van der Waals surface area (Å²) in [4.78, 5) is 27.5. The molecule has 1 aliphatic heterocycles. The summed E-state index contributed by atoms with van der Waals surface area (Å²) in [5.41, 5.74) is -6.00. The fourth-order valence-electron chi connectivity index (χ4n) is 3.24. The minimum Gasteiger partial charge on any atom is -0.310 e. The molecule has 32 heavy (non-hydrogen) atoms. The summed E-state index contributed by atoms with van der Waals surface area (Å²) >= 11 is 0. The molecule has 1 fully saturated rings. The number of alkyl halides is 5. The van der Waals surface area contributed by atoms with Gasteiger partial charge >= 0.3 is 12.2 Å². The van der Waals surface area contributed by atoms with Gasteiger partial charge in [0.2, 0.25) is 5.54 Å². The van der Waals surface area contributed by atoms with Crippen molar-refractivity contribution >= 4 is 11.7 Å². The highest BCUT2D eigenvalue weighted by atomic mass is 19.4. The van der Waals surface area contributed by atoms with Crippen molar-refractivity contribution in [3.8, 4) is 11.8 Å². The Kier molecular flexibility index (Phi) is 5.15. The van der Waals surface area contributed by atoms with E-state index in [4.69, 9.17) is 0 Å². The molecule has 1 atom stereocenters. The number of aromatic nitrogens is 2. The van der Waals surface area contributed by atoms with Gasteiger partial charge in [0.25, 0.3) is 12.0 Å². The number of anilines is 1. The van der Waals surface area contributed by atoms with Gasteiger partial charge < -0.3 is 10.6 Å². The van der Waals surface area contributed by atoms with Gasteiger partial charge in [0, 0.05) is 28.8 Å². The van der Waals surface area contributed by atoms with Crippen molar-refractivity contribution < 1.29 is 31.1 Å². The third kappa shape index (κ3) is 3.90. The fraction of sp³-hybridized carbons (Fsp3) is 0.350. The van der Waals surface area contributed by atoms with Gasteiger partial charge in [-0.2, -0.15) is 13.2 Å². The van der Waals surface area contributed by atoms with E-state index in [0.717, 1.165) is 17.0 Å². The molecular formula is C20H14F6N4O2. The fourth-order valence-corrected chi connectivity index (χ4v) is 3.24. The Bertz CT molecular complexity index is 1210. The van der Waals surface area contributed by atoms with E-state index in [-0.39, 0.29) is 17.2 Å². The van der Waals surface area contributed by atoms with E-state index in [0.29, 0.717) is 25.0 Å². The van der Waals surface area contributed by atoms with Crippen molar-refractivity contribution in [3.63, 3.8) is 0 Å². The maximum Gasteiger partial charge on any atom is 0.427 e. The largest absolute Gasteiger partial charge is 0.427 e. The van der Waals surface area contributed by atoms with Crippen LogP contribution in [0.2, 0.25) is 0 Å². The van der Waals surface area contributed by atoms with Crippen LogP contribution in [-0.2, 0) is 12.1 Å². The first-order valence-corrected chi connectivity index (χ1v) is 9.36. The number of nitrogens with one attached hydrogen (secondary N) is 2. The Morgan fingerprint density at radius 2 is 1.94 bits per heavy atom. The van der Waals surface area contributed by atoms with E-state index in [1.54, 1.807) is 5.32 Å². The summed E-state index contributed by atoms with van der Waals surface area (Å²) in [5, 5.41) is 3.98. The zero-order valence-corrected chi connectivity index (χ0v) is 16.1. The van der Waals surface area contributed by atoms with Crippen molar-refractivity contribution in [2.45, 2.75) is 37.5 Å². The van der Waals surface area contributed by atoms with Crippen LogP contribution in [0.1, 0.15) is 36.1 Å². The SMILES string of the molecule is O=C1Nc2cc(Cn3cnc(C(F)F)cc3=O)c(F)cc2C(C#CC2CC2)(C(F)(F)F)N1. The second-order valence-corrected chi connectivity index (χ2v) is 7.44. The summed E-state index contributed by atoms with van der Waals surface area (Å²) in [6.45, 7) is -0.509. The highest BCUT2D eigenvalue weighted by Gasteiger charge is 2.59. The minimum absolute atomic E-state index is 0.218. The Hall–Kier alpha value is -3.49. The quantitative estimate of drug-likeness (QED) is 0.547. The van der Waals surface area contributed by atoms with E-state index >= 15 is 0 Å². The highest BCUT2D eigenvalue weighted by Crippen LogP contribution is 2.45. The molecule has 1 aliphatic carbocycles. The van der Waals surface area contributed by atoms with E-state index < -0.39 is 53.4 Å². The van der Waals surface area contributed by atoms with Gasteiger partial charge in [-0.1, -0.05) is 11.8 Å². The first-order chi connectivity index (χ1) is 15.0. The van der Waals surface area contributed by atoms with Crippen molar-refractivity contribution in [2.75, 3.05) is 5.32 Å². The molecule has 0 radical (unpaired) electrons. The van der Waals surface area contributed by atoms with Crippen LogP contribution in [0.25, 0.3) is 0 Å². The first kappa shape index (κ1) is 21.7. The summed E-state index contributed by atoms with van der Waals surface area (Å²) in [6, 6.07) is 0.945. The van der Waals surface area contributed by atoms with Crippen LogP contribution >= 0.6 is 0 Å². The average molecular weight is 456 g/mol. The number of halogens is 6. The molecule has 0 bridgehead atoms. The molecule has 1 aromatic heterocycles. The van der Waals surface area contributed by atoms with Crippen molar-refractivity contribution in [2.24, 2.45) is 5.92 Å². The number of hydrogen-bond donors (Lipinski definition) is 2. The molecule has 1 aromatic carbocycles. The van der Waals surface area contributed by atoms with E-state index in [9.17, 15) is 35.9 Å². The van der Waals surface area contributed by atoms with Crippen LogP contribution in [0, 0.1) is 23.6 Å². The highest BCUT2D eigenvalue weighted by molar-refractivity contribution is 5.95. The molecule has 2 amide bonds. The molecule has 4 rings (SSSR count). The standard InChI is InChI=1S/C20H14F6N4O2/c21-13-6-12-14(5-11(13)8-30-9-27-15(17(22)23)7-16(30)31)28-18(32)29-19(12,20(24,25)26)4-3-10-1-2-10/h5-7,9-10,17H,1-2,8H2,(H2,28,29,32). The zero-order valence-electron chi connectivity index (χ0n) is 16.1. The van der Waals surface area contributed by atoms with Gasteiger partial charge in [0.05, 0.1) is 12.9 Å². The van der Waals surface area contributed by atoms with Crippen molar-refractivity contribution in [3.05, 3.63) is 57.5 Å². The number of carbonyl (C=O) groups is 1. The molecular weight excluding hydrogens is 442 g/mol. The van der Waals surface area contributed by atoms with Crippen LogP contribution < -0.4 is 16.2 Å². The Morgan fingerprint density at radius 1 is 1.22 bits per heavy atom. The molecule has 1 unspecified atom stereocenters. The van der Waals surface area contributed by atoms with Gasteiger partial charge in [-0.05, 0) is 25.0 Å². The van der Waals surface area contributed by atoms with Crippen molar-refractivity contribution in [1.82, 2.24) is 14.9 Å². The molecule has 0 spiro atoms. The molecule has 0 saturated heterocycles. The lowest BCUT2D eigenvalue weighted by Gasteiger charge is -2.37. The number of benzene rings is 1. The lowest BCUT2D eigenvalue weighted by atomic mass is 9.85. The van der Waals surface area contributed by atoms with Gasteiger partial charge in [0.1, 0.15) is 11.5 Å². The third-order valence-electron chi connectivity index (χ3n) is 5.07. The van der Waals surface area contributed by atoms with Gasteiger partial charge in [0.15, 0.2) is 0 Å². The Morgan fingerprint density at radius 3 is 2.53 bits per heavy atom. The van der Waals surface area contributed by atoms with E-state index in [2.05, 4.69) is 22.1 Å². The van der Waals surface area contributed by atoms with Gasteiger partial charge in [-0.15, -0.1) is 0 Å². The topological polar surface area (TPSA) is 76.0 Å². The summed E-state index contributed by atoms with van der Waals surface area (Å²) in [7, 11) is 0. The Labute approximate surface area is 176 Å². The number of amides is 2. The van der Waals surface area contributed by atoms with E-state index in [1.807, 2.05) is 0 Å². The van der Waals surface area contributed by atoms with Gasteiger partial charge in [-0.25, -0.2) is 22.9 Å². The Balaban J connectivity index is 1.78. The lowest BCUT2D eigenvalue weighted by molar-refractivity contribution is -0.178. The number of carbonyl (C=O) groups excluding carboxylic acids is 1. The molecule has 6 nitrogen and oxygen atoms in total. The maximum atomic E-state index is 14.8. The van der Waals surface area contributed by atoms with Crippen LogP contribution in [0.15, 0.2) is 29.3 Å². The molecule has 2 aromatic rings. The smallest absolute Gasteiger partial charge is 0.310 e. The van der Waals surface area contributed by atoms with Crippen LogP contribution in [0.3, 0.4) is 0 Å². The first-order valence-electron chi connectivity index (χ1n) is 9.36. The second-order valence-electron chi connectivity index (χ2n) is 7.44. The predicted molar refractivity (Wildman–Crippen MR) is 99.3 cm³/mol. The van der Waals surface area contributed by atoms with Crippen LogP contribution in [0.4, 0.5) is 36.8 Å². The summed E-state index contributed by atoms with van der Waals surface area (Å²) < 4.78 is 83.2. The average Bonchev–Trinajstić information content (AvgIpc) is 3.52. The molecule has 2 N–H and O–H groups in total. The predicted octanol–water partition coefficient (Wildman–Crippen LogP) is 3.67. The zero-order chi connectivity index (χ0) is 23.3. The molecule has 12 heteroatoms. The van der Waals surface area contributed by atoms with Gasteiger partial charge in [-0.3, -0.25) is 9.36 Å². The van der Waals surface area contributed by atoms with Crippen LogP contribution in [-0.4, -0.2) is 21.8 Å². The maximum absolute atomic E-state index is 14.8. The number of hydrogen-bond acceptors (Lipinski definition) is 3. The van der Waals surface area contributed by atoms with Crippen LogP contribution in [0.5, 0.6) is 0 Å². The lowest BCUT2D eigenvalue weighted by Crippen LogP contribution is -2.59. The minimum atomic E-state index is -5.05. The third-order valence-corrected chi connectivity index (χ3v) is 5.07. The number of nitrogens with zero attached hydrogens (tertiary/aromatic N) is 2. The molecule has 2 heterocycles. The number of urea groups is 1. The number of fused-ring (bicyclic) bond motifs is 1. The second kappa shape index (κ2) is 7.58. The summed E-state index contributed by atoms with van der Waals surface area (Å²) in [5.74, 6) is 3.26. The molecule has 1 saturated carbocycles. The number of rotatable bonds is 3. The molecule has 168 valence electrons. The summed E-state index contributed by atoms with van der Waals surface area (Å²) in [6.07, 6.45) is -5.97. The normalized spacial score (nSPS) is 20.2. The monoisotopic (exact) mass is 456 g/mol. The molecule has 2 aliphatic rings. The van der Waals surface area contributed by atoms with E-state index in [1.165, 1.54) is 0 Å². The van der Waals surface area contributed by atoms with Crippen molar-refractivity contribution in [1.29, 1.82) is 0 Å².